The summed E-state index contributed by atoms with van der Waals surface area (Å²) in [5.74, 6) is 3.39. The third kappa shape index (κ3) is 2.62. The molecule has 3 rings (SSSR count). The molecule has 0 amide bonds. The van der Waals surface area contributed by atoms with Gasteiger partial charge in [0.15, 0.2) is 0 Å². The van der Waals surface area contributed by atoms with E-state index in [9.17, 15) is 0 Å². The molecule has 0 aliphatic heterocycles. The first kappa shape index (κ1) is 13.7. The van der Waals surface area contributed by atoms with Crippen LogP contribution < -0.4 is 10.1 Å². The molecule has 0 spiro atoms. The van der Waals surface area contributed by atoms with Crippen LogP contribution in [0.1, 0.15) is 38.3 Å². The zero-order valence-electron chi connectivity index (χ0n) is 12.7. The lowest BCUT2D eigenvalue weighted by atomic mass is 9.87. The predicted octanol–water partition coefficient (Wildman–Crippen LogP) is 3.95. The van der Waals surface area contributed by atoms with Gasteiger partial charge in [-0.25, -0.2) is 0 Å². The number of hydrogen-bond acceptors (Lipinski definition) is 2. The zero-order valence-corrected chi connectivity index (χ0v) is 12.7. The normalized spacial score (nSPS) is 30.4. The molecule has 2 nitrogen and oxygen atoms in total. The Labute approximate surface area is 122 Å². The molecule has 5 atom stereocenters. The number of methoxy groups -OCH3 is 1. The molecule has 0 radical (unpaired) electrons. The summed E-state index contributed by atoms with van der Waals surface area (Å²) in [6.45, 7) is 4.59. The Morgan fingerprint density at radius 3 is 2.70 bits per heavy atom. The number of ether oxygens (including phenoxy) is 1. The van der Waals surface area contributed by atoms with Gasteiger partial charge >= 0.3 is 0 Å². The molecule has 20 heavy (non-hydrogen) atoms. The Morgan fingerprint density at radius 1 is 1.20 bits per heavy atom. The first-order valence-corrected chi connectivity index (χ1v) is 7.75. The second-order valence-corrected chi connectivity index (χ2v) is 6.40. The maximum absolute atomic E-state index is 5.31. The molecule has 1 fully saturated rings. The van der Waals surface area contributed by atoms with Crippen molar-refractivity contribution >= 4 is 0 Å². The van der Waals surface area contributed by atoms with Crippen LogP contribution in [0.5, 0.6) is 5.75 Å². The maximum Gasteiger partial charge on any atom is 0.119 e. The van der Waals surface area contributed by atoms with E-state index >= 15 is 0 Å². The molecule has 2 aliphatic rings. The molecular formula is C18H25NO. The van der Waals surface area contributed by atoms with Gasteiger partial charge in [-0.15, -0.1) is 0 Å². The molecule has 2 heteroatoms. The second kappa shape index (κ2) is 5.61. The molecule has 2 bridgehead atoms. The first-order valence-electron chi connectivity index (χ1n) is 7.75. The molecule has 1 saturated carbocycles. The SMILES string of the molecule is COc1cccc([C@H](C)NC(C)C2CC3C=CC2C3)c1. The van der Waals surface area contributed by atoms with Crippen molar-refractivity contribution in [2.24, 2.45) is 17.8 Å². The Bertz CT molecular complexity index is 496. The highest BCUT2D eigenvalue weighted by molar-refractivity contribution is 5.30. The van der Waals surface area contributed by atoms with Crippen molar-refractivity contribution in [2.75, 3.05) is 7.11 Å². The van der Waals surface area contributed by atoms with E-state index in [-0.39, 0.29) is 0 Å². The molecule has 0 saturated heterocycles. The summed E-state index contributed by atoms with van der Waals surface area (Å²) in [6.07, 6.45) is 7.59. The highest BCUT2D eigenvalue weighted by Gasteiger charge is 2.38. The van der Waals surface area contributed by atoms with Crippen LogP contribution in [0.4, 0.5) is 0 Å². The van der Waals surface area contributed by atoms with E-state index in [1.165, 1.54) is 18.4 Å². The fourth-order valence-corrected chi connectivity index (χ4v) is 3.92. The lowest BCUT2D eigenvalue weighted by Gasteiger charge is -2.29. The summed E-state index contributed by atoms with van der Waals surface area (Å²) >= 11 is 0. The van der Waals surface area contributed by atoms with Crippen molar-refractivity contribution in [3.8, 4) is 5.75 Å². The van der Waals surface area contributed by atoms with Crippen molar-refractivity contribution < 1.29 is 4.74 Å². The largest absolute Gasteiger partial charge is 0.497 e. The van der Waals surface area contributed by atoms with Gasteiger partial charge in [0, 0.05) is 12.1 Å². The van der Waals surface area contributed by atoms with Crippen LogP contribution in [0.3, 0.4) is 0 Å². The van der Waals surface area contributed by atoms with Crippen LogP contribution in [-0.4, -0.2) is 13.2 Å². The van der Waals surface area contributed by atoms with Gasteiger partial charge in [0.1, 0.15) is 5.75 Å². The van der Waals surface area contributed by atoms with Crippen molar-refractivity contribution in [1.29, 1.82) is 0 Å². The van der Waals surface area contributed by atoms with Crippen LogP contribution >= 0.6 is 0 Å². The topological polar surface area (TPSA) is 21.3 Å². The van der Waals surface area contributed by atoms with Crippen LogP contribution in [0.2, 0.25) is 0 Å². The van der Waals surface area contributed by atoms with E-state index < -0.39 is 0 Å². The Balaban J connectivity index is 1.63. The summed E-state index contributed by atoms with van der Waals surface area (Å²) in [4.78, 5) is 0. The summed E-state index contributed by atoms with van der Waals surface area (Å²) in [6, 6.07) is 9.30. The first-order chi connectivity index (χ1) is 9.67. The number of hydrogen-bond donors (Lipinski definition) is 1. The fraction of sp³-hybridized carbons (Fsp3) is 0.556. The highest BCUT2D eigenvalue weighted by atomic mass is 16.5. The number of fused-ring (bicyclic) bond motifs is 2. The lowest BCUT2D eigenvalue weighted by molar-refractivity contribution is 0.307. The van der Waals surface area contributed by atoms with Gasteiger partial charge in [-0.2, -0.15) is 0 Å². The minimum absolute atomic E-state index is 0.364. The Kier molecular flexibility index (Phi) is 3.84. The van der Waals surface area contributed by atoms with Crippen LogP contribution in [0.15, 0.2) is 36.4 Å². The van der Waals surface area contributed by atoms with Gasteiger partial charge < -0.3 is 10.1 Å². The third-order valence-corrected chi connectivity index (χ3v) is 5.08. The highest BCUT2D eigenvalue weighted by Crippen LogP contribution is 2.45. The van der Waals surface area contributed by atoms with Crippen molar-refractivity contribution in [1.82, 2.24) is 5.32 Å². The number of rotatable bonds is 5. The van der Waals surface area contributed by atoms with Gasteiger partial charge in [-0.1, -0.05) is 24.3 Å². The average molecular weight is 271 g/mol. The predicted molar refractivity (Wildman–Crippen MR) is 82.9 cm³/mol. The van der Waals surface area contributed by atoms with E-state index in [4.69, 9.17) is 4.74 Å². The van der Waals surface area contributed by atoms with Crippen molar-refractivity contribution in [3.05, 3.63) is 42.0 Å². The average Bonchev–Trinajstić information content (AvgIpc) is 3.10. The molecule has 1 aromatic rings. The standard InChI is InChI=1S/C18H25NO/c1-12(15-5-4-6-17(11-15)20-3)19-13(2)18-10-14-7-8-16(18)9-14/h4-8,11-14,16,18-19H,9-10H2,1-3H3/t12-,13?,14?,16?,18?/m0/s1. The van der Waals surface area contributed by atoms with Crippen molar-refractivity contribution in [2.45, 2.75) is 38.8 Å². The molecule has 1 N–H and O–H groups in total. The molecule has 2 aliphatic carbocycles. The molecule has 0 aromatic heterocycles. The van der Waals surface area contributed by atoms with E-state index in [0.717, 1.165) is 23.5 Å². The van der Waals surface area contributed by atoms with Gasteiger partial charge in [0.2, 0.25) is 0 Å². The van der Waals surface area contributed by atoms with Crippen LogP contribution in [0.25, 0.3) is 0 Å². The molecule has 1 aromatic carbocycles. The molecular weight excluding hydrogens is 246 g/mol. The van der Waals surface area contributed by atoms with Crippen molar-refractivity contribution in [3.63, 3.8) is 0 Å². The molecule has 4 unspecified atom stereocenters. The maximum atomic E-state index is 5.31. The van der Waals surface area contributed by atoms with Crippen LogP contribution in [-0.2, 0) is 0 Å². The lowest BCUT2D eigenvalue weighted by Crippen LogP contribution is -2.37. The zero-order chi connectivity index (χ0) is 14.1. The number of benzene rings is 1. The minimum Gasteiger partial charge on any atom is -0.497 e. The van der Waals surface area contributed by atoms with E-state index in [2.05, 4.69) is 49.5 Å². The molecule has 108 valence electrons. The minimum atomic E-state index is 0.364. The quantitative estimate of drug-likeness (QED) is 0.819. The van der Waals surface area contributed by atoms with E-state index in [1.807, 2.05) is 6.07 Å². The molecule has 0 heterocycles. The summed E-state index contributed by atoms with van der Waals surface area (Å²) in [5, 5.41) is 3.78. The Morgan fingerprint density at radius 2 is 2.05 bits per heavy atom. The summed E-state index contributed by atoms with van der Waals surface area (Å²) < 4.78 is 5.31. The van der Waals surface area contributed by atoms with Gasteiger partial charge in [-0.05, 0) is 62.1 Å². The fourth-order valence-electron chi connectivity index (χ4n) is 3.92. The van der Waals surface area contributed by atoms with E-state index in [0.29, 0.717) is 12.1 Å². The second-order valence-electron chi connectivity index (χ2n) is 6.40. The monoisotopic (exact) mass is 271 g/mol. The third-order valence-electron chi connectivity index (χ3n) is 5.08. The summed E-state index contributed by atoms with van der Waals surface area (Å²) in [5.41, 5.74) is 1.30. The van der Waals surface area contributed by atoms with Crippen LogP contribution in [0, 0.1) is 17.8 Å². The number of nitrogens with one attached hydrogen (secondary N) is 1. The van der Waals surface area contributed by atoms with Gasteiger partial charge in [0.25, 0.3) is 0 Å². The van der Waals surface area contributed by atoms with E-state index in [1.54, 1.807) is 7.11 Å². The summed E-state index contributed by atoms with van der Waals surface area (Å²) in [7, 11) is 1.72. The van der Waals surface area contributed by atoms with Gasteiger partial charge in [-0.3, -0.25) is 0 Å². The van der Waals surface area contributed by atoms with Gasteiger partial charge in [0.05, 0.1) is 7.11 Å². The Hall–Kier alpha value is -1.28. The number of allylic oxidation sites excluding steroid dienone is 2. The smallest absolute Gasteiger partial charge is 0.119 e.